The highest BCUT2D eigenvalue weighted by atomic mass is 16.5. The molecule has 0 atom stereocenters. The first kappa shape index (κ1) is 22.3. The van der Waals surface area contributed by atoms with E-state index in [-0.39, 0.29) is 0 Å². The summed E-state index contributed by atoms with van der Waals surface area (Å²) in [6, 6.07) is 15.5. The predicted molar refractivity (Wildman–Crippen MR) is 124 cm³/mol. The van der Waals surface area contributed by atoms with Gasteiger partial charge in [-0.05, 0) is 49.9 Å². The van der Waals surface area contributed by atoms with Crippen LogP contribution < -0.4 is 5.76 Å². The lowest BCUT2D eigenvalue weighted by atomic mass is 9.99. The first-order chi connectivity index (χ1) is 16.0. The minimum absolute atomic E-state index is 0.306. The monoisotopic (exact) mass is 446 g/mol. The van der Waals surface area contributed by atoms with Crippen LogP contribution in [0.2, 0.25) is 0 Å². The lowest BCUT2D eigenvalue weighted by Crippen LogP contribution is -2.07. The quantitative estimate of drug-likeness (QED) is 0.393. The van der Waals surface area contributed by atoms with Crippen molar-refractivity contribution in [2.45, 2.75) is 40.0 Å². The second-order valence-electron chi connectivity index (χ2n) is 7.69. The Morgan fingerprint density at radius 2 is 1.82 bits per heavy atom. The topological polar surface area (TPSA) is 103 Å². The van der Waals surface area contributed by atoms with E-state index in [1.165, 1.54) is 0 Å². The molecule has 0 aliphatic rings. The van der Waals surface area contributed by atoms with Crippen molar-refractivity contribution in [2.75, 3.05) is 6.61 Å². The molecule has 2 aromatic heterocycles. The van der Waals surface area contributed by atoms with Gasteiger partial charge in [-0.2, -0.15) is 5.10 Å². The standard InChI is InChI=1S/C25H26N4O4/c1-4-6-11-21-16(3)22(24(30)32-5-2)27-29(21)18-14-12-17(13-15-18)19-9-7-8-10-20(19)23-26-25(31)33-28-23/h7-10,12-15H,4-6,11H2,1-3H3,(H,26,28,31). The Kier molecular flexibility index (Phi) is 6.53. The lowest BCUT2D eigenvalue weighted by Gasteiger charge is -2.11. The Bertz CT molecular complexity index is 1310. The van der Waals surface area contributed by atoms with Crippen molar-refractivity contribution in [3.05, 3.63) is 76.0 Å². The highest BCUT2D eigenvalue weighted by Gasteiger charge is 2.21. The number of ether oxygens (including phenoxy) is 1. The molecule has 0 saturated carbocycles. The molecule has 0 amide bonds. The Hall–Kier alpha value is -3.94. The number of nitrogens with one attached hydrogen (secondary N) is 1. The minimum atomic E-state index is -0.596. The van der Waals surface area contributed by atoms with Crippen molar-refractivity contribution >= 4 is 5.97 Å². The van der Waals surface area contributed by atoms with Gasteiger partial charge in [-0.3, -0.25) is 9.51 Å². The lowest BCUT2D eigenvalue weighted by molar-refractivity contribution is 0.0518. The first-order valence-electron chi connectivity index (χ1n) is 11.0. The van der Waals surface area contributed by atoms with Gasteiger partial charge in [0.1, 0.15) is 0 Å². The molecule has 0 radical (unpaired) electrons. The molecule has 8 heteroatoms. The summed E-state index contributed by atoms with van der Waals surface area (Å²) in [6.07, 6.45) is 2.86. The summed E-state index contributed by atoms with van der Waals surface area (Å²) in [5.74, 6) is -0.622. The van der Waals surface area contributed by atoms with Crippen LogP contribution in [0.25, 0.3) is 28.2 Å². The van der Waals surface area contributed by atoms with Crippen LogP contribution in [0.1, 0.15) is 48.4 Å². The van der Waals surface area contributed by atoms with E-state index in [1.54, 1.807) is 6.92 Å². The number of unbranched alkanes of at least 4 members (excludes halogenated alkanes) is 1. The molecule has 1 N–H and O–H groups in total. The third-order valence-electron chi connectivity index (χ3n) is 5.53. The zero-order valence-corrected chi connectivity index (χ0v) is 18.9. The summed E-state index contributed by atoms with van der Waals surface area (Å²) in [6.45, 7) is 6.15. The van der Waals surface area contributed by atoms with Gasteiger partial charge in [0.2, 0.25) is 0 Å². The number of aromatic nitrogens is 4. The van der Waals surface area contributed by atoms with Crippen LogP contribution in [0.15, 0.2) is 57.8 Å². The molecule has 0 aliphatic heterocycles. The fraction of sp³-hybridized carbons (Fsp3) is 0.280. The molecule has 8 nitrogen and oxygen atoms in total. The van der Waals surface area contributed by atoms with E-state index < -0.39 is 11.7 Å². The molecule has 0 bridgehead atoms. The molecule has 170 valence electrons. The number of hydrogen-bond donors (Lipinski definition) is 1. The van der Waals surface area contributed by atoms with Crippen molar-refractivity contribution < 1.29 is 14.1 Å². The molecular weight excluding hydrogens is 420 g/mol. The minimum Gasteiger partial charge on any atom is -0.461 e. The number of H-pyrrole nitrogens is 1. The van der Waals surface area contributed by atoms with Gasteiger partial charge in [0.25, 0.3) is 0 Å². The molecular formula is C25H26N4O4. The molecule has 0 aliphatic carbocycles. The normalized spacial score (nSPS) is 11.0. The zero-order valence-electron chi connectivity index (χ0n) is 18.9. The van der Waals surface area contributed by atoms with Gasteiger partial charge in [0, 0.05) is 16.8 Å². The van der Waals surface area contributed by atoms with E-state index in [2.05, 4.69) is 26.7 Å². The molecule has 0 unspecified atom stereocenters. The Labute approximate surface area is 191 Å². The Morgan fingerprint density at radius 3 is 2.45 bits per heavy atom. The summed E-state index contributed by atoms with van der Waals surface area (Å²) < 4.78 is 11.7. The Morgan fingerprint density at radius 1 is 1.09 bits per heavy atom. The van der Waals surface area contributed by atoms with E-state index in [0.717, 1.165) is 52.9 Å². The van der Waals surface area contributed by atoms with Gasteiger partial charge in [-0.1, -0.05) is 54.9 Å². The average molecular weight is 447 g/mol. The van der Waals surface area contributed by atoms with E-state index in [0.29, 0.717) is 18.1 Å². The van der Waals surface area contributed by atoms with Crippen LogP contribution in [0.5, 0.6) is 0 Å². The van der Waals surface area contributed by atoms with E-state index in [4.69, 9.17) is 4.74 Å². The third-order valence-corrected chi connectivity index (χ3v) is 5.53. The second kappa shape index (κ2) is 9.68. The molecule has 0 saturated heterocycles. The molecule has 2 heterocycles. The average Bonchev–Trinajstić information content (AvgIpc) is 3.41. The number of carbonyl (C=O) groups is 1. The number of nitrogens with zero attached hydrogens (tertiary/aromatic N) is 3. The van der Waals surface area contributed by atoms with Gasteiger partial charge in [0.15, 0.2) is 11.5 Å². The first-order valence-corrected chi connectivity index (χ1v) is 11.0. The highest BCUT2D eigenvalue weighted by molar-refractivity contribution is 5.89. The number of esters is 1. The molecule has 4 aromatic rings. The predicted octanol–water partition coefficient (Wildman–Crippen LogP) is 4.71. The van der Waals surface area contributed by atoms with Crippen molar-refractivity contribution in [3.8, 4) is 28.2 Å². The number of rotatable bonds is 8. The van der Waals surface area contributed by atoms with Gasteiger partial charge >= 0.3 is 11.7 Å². The van der Waals surface area contributed by atoms with Crippen LogP contribution in [-0.2, 0) is 11.2 Å². The van der Waals surface area contributed by atoms with E-state index in [9.17, 15) is 9.59 Å². The number of carbonyl (C=O) groups excluding carboxylic acids is 1. The molecule has 0 fully saturated rings. The summed E-state index contributed by atoms with van der Waals surface area (Å²) in [4.78, 5) is 26.4. The van der Waals surface area contributed by atoms with Crippen LogP contribution in [-0.4, -0.2) is 32.5 Å². The van der Waals surface area contributed by atoms with Crippen LogP contribution in [0.4, 0.5) is 0 Å². The molecule has 2 aromatic carbocycles. The SMILES string of the molecule is CCCCc1c(C)c(C(=O)OCC)nn1-c1ccc(-c2ccccc2-c2noc(=O)[nH]2)cc1. The van der Waals surface area contributed by atoms with E-state index in [1.807, 2.05) is 60.1 Å². The summed E-state index contributed by atoms with van der Waals surface area (Å²) in [7, 11) is 0. The fourth-order valence-electron chi connectivity index (χ4n) is 3.84. The zero-order chi connectivity index (χ0) is 23.4. The van der Waals surface area contributed by atoms with Crippen LogP contribution >= 0.6 is 0 Å². The van der Waals surface area contributed by atoms with Crippen LogP contribution in [0, 0.1) is 6.92 Å². The maximum Gasteiger partial charge on any atom is 0.439 e. The second-order valence-corrected chi connectivity index (χ2v) is 7.69. The number of benzene rings is 2. The van der Waals surface area contributed by atoms with Crippen molar-refractivity contribution in [1.82, 2.24) is 19.9 Å². The van der Waals surface area contributed by atoms with Crippen molar-refractivity contribution in [3.63, 3.8) is 0 Å². The molecule has 33 heavy (non-hydrogen) atoms. The maximum absolute atomic E-state index is 12.4. The molecule has 4 rings (SSSR count). The summed E-state index contributed by atoms with van der Waals surface area (Å²) in [5, 5.41) is 8.42. The van der Waals surface area contributed by atoms with Gasteiger partial charge in [0.05, 0.1) is 12.3 Å². The van der Waals surface area contributed by atoms with E-state index >= 15 is 0 Å². The van der Waals surface area contributed by atoms with Crippen molar-refractivity contribution in [2.24, 2.45) is 0 Å². The number of aromatic amines is 1. The van der Waals surface area contributed by atoms with Gasteiger partial charge in [-0.25, -0.2) is 14.3 Å². The fourth-order valence-corrected chi connectivity index (χ4v) is 3.84. The Balaban J connectivity index is 1.73. The largest absolute Gasteiger partial charge is 0.461 e. The van der Waals surface area contributed by atoms with Gasteiger partial charge in [-0.15, -0.1) is 0 Å². The van der Waals surface area contributed by atoms with Gasteiger partial charge < -0.3 is 4.74 Å². The highest BCUT2D eigenvalue weighted by Crippen LogP contribution is 2.31. The van der Waals surface area contributed by atoms with Crippen molar-refractivity contribution in [1.29, 1.82) is 0 Å². The molecule has 0 spiro atoms. The third kappa shape index (κ3) is 4.50. The smallest absolute Gasteiger partial charge is 0.439 e. The number of hydrogen-bond acceptors (Lipinski definition) is 6. The summed E-state index contributed by atoms with van der Waals surface area (Å²) >= 11 is 0. The summed E-state index contributed by atoms with van der Waals surface area (Å²) in [5.41, 5.74) is 5.69. The van der Waals surface area contributed by atoms with Crippen LogP contribution in [0.3, 0.4) is 0 Å². The maximum atomic E-state index is 12.4.